The highest BCUT2D eigenvalue weighted by Gasteiger charge is 2.05. The lowest BCUT2D eigenvalue weighted by atomic mass is 10.2. The summed E-state index contributed by atoms with van der Waals surface area (Å²) in [5.74, 6) is -0.413. The number of primary amides is 1. The third-order valence-electron chi connectivity index (χ3n) is 2.60. The van der Waals surface area contributed by atoms with E-state index in [0.29, 0.717) is 12.1 Å². The molecule has 5 heteroatoms. The maximum Gasteiger partial charge on any atom is 0.248 e. The van der Waals surface area contributed by atoms with Gasteiger partial charge in [0.25, 0.3) is 0 Å². The average molecular weight is 261 g/mol. The van der Waals surface area contributed by atoms with E-state index in [9.17, 15) is 4.79 Å². The number of hydrogen-bond acceptors (Lipinski definition) is 4. The zero-order valence-corrected chi connectivity index (χ0v) is 11.2. The molecule has 0 aliphatic rings. The molecule has 0 saturated heterocycles. The van der Waals surface area contributed by atoms with Crippen LogP contribution in [-0.4, -0.2) is 10.9 Å². The number of hydrogen-bond donors (Lipinski definition) is 2. The summed E-state index contributed by atoms with van der Waals surface area (Å²) < 4.78 is 0. The molecular weight excluding hydrogens is 246 g/mol. The van der Waals surface area contributed by atoms with Crippen molar-refractivity contribution < 1.29 is 4.79 Å². The maximum atomic E-state index is 11.1. The average Bonchev–Trinajstić information content (AvgIpc) is 2.65. The molecule has 3 N–H and O–H groups in total. The molecule has 18 heavy (non-hydrogen) atoms. The van der Waals surface area contributed by atoms with Crippen LogP contribution in [0.25, 0.3) is 0 Å². The topological polar surface area (TPSA) is 68.0 Å². The Morgan fingerprint density at radius 1 is 1.44 bits per heavy atom. The molecule has 0 atom stereocenters. The molecule has 2 rings (SSSR count). The molecule has 0 saturated carbocycles. The van der Waals surface area contributed by atoms with Crippen LogP contribution in [0, 0.1) is 13.8 Å². The van der Waals surface area contributed by atoms with Crippen LogP contribution in [0.2, 0.25) is 0 Å². The Bertz CT molecular complexity index is 577. The zero-order valence-electron chi connectivity index (χ0n) is 10.4. The number of aromatic nitrogens is 1. The number of amides is 1. The Morgan fingerprint density at radius 3 is 2.83 bits per heavy atom. The van der Waals surface area contributed by atoms with Gasteiger partial charge in [0.2, 0.25) is 5.91 Å². The largest absolute Gasteiger partial charge is 0.380 e. The minimum Gasteiger partial charge on any atom is -0.380 e. The highest BCUT2D eigenvalue weighted by Crippen LogP contribution is 2.19. The Kier molecular flexibility index (Phi) is 3.62. The van der Waals surface area contributed by atoms with E-state index in [1.165, 1.54) is 4.88 Å². The molecule has 4 nitrogen and oxygen atoms in total. The fourth-order valence-corrected chi connectivity index (χ4v) is 2.58. The van der Waals surface area contributed by atoms with Crippen LogP contribution in [0.4, 0.5) is 5.69 Å². The van der Waals surface area contributed by atoms with Crippen molar-refractivity contribution in [3.05, 3.63) is 45.4 Å². The molecule has 1 aromatic heterocycles. The van der Waals surface area contributed by atoms with Gasteiger partial charge < -0.3 is 11.1 Å². The quantitative estimate of drug-likeness (QED) is 0.888. The van der Waals surface area contributed by atoms with Crippen molar-refractivity contribution in [3.63, 3.8) is 0 Å². The highest BCUT2D eigenvalue weighted by molar-refractivity contribution is 7.11. The van der Waals surface area contributed by atoms with E-state index in [2.05, 4.69) is 10.3 Å². The lowest BCUT2D eigenvalue weighted by Crippen LogP contribution is -2.11. The molecular formula is C13H15N3OS. The van der Waals surface area contributed by atoms with Gasteiger partial charge in [0.1, 0.15) is 0 Å². The van der Waals surface area contributed by atoms with Crippen LogP contribution >= 0.6 is 11.3 Å². The number of anilines is 1. The number of aryl methyl sites for hydroxylation is 2. The van der Waals surface area contributed by atoms with Gasteiger partial charge in [-0.15, -0.1) is 11.3 Å². The van der Waals surface area contributed by atoms with E-state index in [1.807, 2.05) is 26.0 Å². The van der Waals surface area contributed by atoms with Gasteiger partial charge in [-0.05, 0) is 32.0 Å². The standard InChI is InChI=1S/C13H15N3OS/c1-8-12(18-9(2)16-8)7-15-11-5-3-4-10(6-11)13(14)17/h3-6,15H,7H2,1-2H3,(H2,14,17). The first-order valence-corrected chi connectivity index (χ1v) is 6.44. The van der Waals surface area contributed by atoms with Gasteiger partial charge in [-0.1, -0.05) is 6.07 Å². The van der Waals surface area contributed by atoms with E-state index in [4.69, 9.17) is 5.73 Å². The minimum atomic E-state index is -0.413. The van der Waals surface area contributed by atoms with E-state index >= 15 is 0 Å². The van der Waals surface area contributed by atoms with Crippen molar-refractivity contribution in [1.29, 1.82) is 0 Å². The number of nitrogens with two attached hydrogens (primary N) is 1. The van der Waals surface area contributed by atoms with Crippen molar-refractivity contribution in [3.8, 4) is 0 Å². The monoisotopic (exact) mass is 261 g/mol. The van der Waals surface area contributed by atoms with Gasteiger partial charge in [0, 0.05) is 16.1 Å². The summed E-state index contributed by atoms with van der Waals surface area (Å²) in [6.07, 6.45) is 0. The molecule has 1 amide bonds. The molecule has 0 bridgehead atoms. The maximum absolute atomic E-state index is 11.1. The molecule has 2 aromatic rings. The molecule has 1 heterocycles. The Labute approximate surface area is 110 Å². The normalized spacial score (nSPS) is 10.3. The Balaban J connectivity index is 2.08. The first-order valence-electron chi connectivity index (χ1n) is 5.63. The van der Waals surface area contributed by atoms with Gasteiger partial charge in [0.15, 0.2) is 0 Å². The Morgan fingerprint density at radius 2 is 2.22 bits per heavy atom. The summed E-state index contributed by atoms with van der Waals surface area (Å²) in [5.41, 5.74) is 7.69. The molecule has 0 fully saturated rings. The van der Waals surface area contributed by atoms with Crippen LogP contribution in [0.5, 0.6) is 0 Å². The summed E-state index contributed by atoms with van der Waals surface area (Å²) in [5, 5.41) is 4.34. The van der Waals surface area contributed by atoms with Gasteiger partial charge in [0.05, 0.1) is 17.2 Å². The fourth-order valence-electron chi connectivity index (χ4n) is 1.70. The van der Waals surface area contributed by atoms with Crippen LogP contribution in [-0.2, 0) is 6.54 Å². The summed E-state index contributed by atoms with van der Waals surface area (Å²) in [6, 6.07) is 7.18. The van der Waals surface area contributed by atoms with E-state index in [1.54, 1.807) is 23.5 Å². The minimum absolute atomic E-state index is 0.413. The third-order valence-corrected chi connectivity index (χ3v) is 3.67. The first-order chi connectivity index (χ1) is 8.56. The highest BCUT2D eigenvalue weighted by atomic mass is 32.1. The number of thiazole rings is 1. The van der Waals surface area contributed by atoms with Crippen molar-refractivity contribution in [2.24, 2.45) is 5.73 Å². The molecule has 0 spiro atoms. The van der Waals surface area contributed by atoms with Crippen LogP contribution < -0.4 is 11.1 Å². The number of carbonyl (C=O) groups is 1. The van der Waals surface area contributed by atoms with Gasteiger partial charge in [-0.25, -0.2) is 4.98 Å². The summed E-state index contributed by atoms with van der Waals surface area (Å²) in [6.45, 7) is 4.70. The summed E-state index contributed by atoms with van der Waals surface area (Å²) in [4.78, 5) is 16.7. The molecule has 0 unspecified atom stereocenters. The van der Waals surface area contributed by atoms with Crippen LogP contribution in [0.1, 0.15) is 25.9 Å². The third kappa shape index (κ3) is 2.87. The van der Waals surface area contributed by atoms with Gasteiger partial charge in [-0.3, -0.25) is 4.79 Å². The summed E-state index contributed by atoms with van der Waals surface area (Å²) >= 11 is 1.68. The van der Waals surface area contributed by atoms with Gasteiger partial charge >= 0.3 is 0 Å². The Hall–Kier alpha value is -1.88. The predicted octanol–water partition coefficient (Wildman–Crippen LogP) is 2.47. The number of benzene rings is 1. The van der Waals surface area contributed by atoms with Crippen molar-refractivity contribution in [2.45, 2.75) is 20.4 Å². The van der Waals surface area contributed by atoms with Crippen molar-refractivity contribution in [2.75, 3.05) is 5.32 Å². The number of carbonyl (C=O) groups excluding carboxylic acids is 1. The molecule has 94 valence electrons. The second-order valence-corrected chi connectivity index (χ2v) is 5.33. The second kappa shape index (κ2) is 5.18. The van der Waals surface area contributed by atoms with Gasteiger partial charge in [-0.2, -0.15) is 0 Å². The van der Waals surface area contributed by atoms with E-state index < -0.39 is 5.91 Å². The lowest BCUT2D eigenvalue weighted by molar-refractivity contribution is 0.100. The van der Waals surface area contributed by atoms with E-state index in [0.717, 1.165) is 16.4 Å². The second-order valence-electron chi connectivity index (χ2n) is 4.04. The predicted molar refractivity (Wildman–Crippen MR) is 73.9 cm³/mol. The smallest absolute Gasteiger partial charge is 0.248 e. The fraction of sp³-hybridized carbons (Fsp3) is 0.231. The van der Waals surface area contributed by atoms with Crippen LogP contribution in [0.15, 0.2) is 24.3 Å². The first kappa shape index (κ1) is 12.6. The molecule has 1 aromatic carbocycles. The summed E-state index contributed by atoms with van der Waals surface area (Å²) in [7, 11) is 0. The lowest BCUT2D eigenvalue weighted by Gasteiger charge is -2.06. The number of nitrogens with zero attached hydrogens (tertiary/aromatic N) is 1. The molecule has 0 radical (unpaired) electrons. The van der Waals surface area contributed by atoms with Crippen LogP contribution in [0.3, 0.4) is 0 Å². The molecule has 0 aliphatic carbocycles. The SMILES string of the molecule is Cc1nc(C)c(CNc2cccc(C(N)=O)c2)s1. The van der Waals surface area contributed by atoms with Crippen molar-refractivity contribution in [1.82, 2.24) is 4.98 Å². The molecule has 0 aliphatic heterocycles. The van der Waals surface area contributed by atoms with Crippen molar-refractivity contribution >= 4 is 22.9 Å². The van der Waals surface area contributed by atoms with E-state index in [-0.39, 0.29) is 0 Å². The number of rotatable bonds is 4. The number of nitrogens with one attached hydrogen (secondary N) is 1. The zero-order chi connectivity index (χ0) is 13.1.